The van der Waals surface area contributed by atoms with E-state index in [1.165, 1.54) is 6.07 Å². The molecule has 1 unspecified atom stereocenters. The van der Waals surface area contributed by atoms with Crippen LogP contribution in [0, 0.1) is 27.4 Å². The largest absolute Gasteiger partial charge is 0.306 e. The van der Waals surface area contributed by atoms with Crippen molar-refractivity contribution in [1.82, 2.24) is 0 Å². The fraction of sp³-hybridized carbons (Fsp3) is 0.300. The first-order chi connectivity index (χ1) is 12.5. The molecule has 1 amide bonds. The molecule has 0 N–H and O–H groups in total. The van der Waals surface area contributed by atoms with E-state index in [-0.39, 0.29) is 23.9 Å². The Kier molecular flexibility index (Phi) is 4.99. The molecule has 1 aliphatic heterocycles. The van der Waals surface area contributed by atoms with Gasteiger partial charge in [-0.3, -0.25) is 14.9 Å². The van der Waals surface area contributed by atoms with Gasteiger partial charge in [-0.1, -0.05) is 31.2 Å². The number of aryl methyl sites for hydroxylation is 1. The second-order valence-corrected chi connectivity index (χ2v) is 6.66. The molecule has 0 radical (unpaired) electrons. The molecule has 132 valence electrons. The quantitative estimate of drug-likeness (QED) is 0.623. The Hall–Kier alpha value is -3.20. The smallest absolute Gasteiger partial charge is 0.293 e. The van der Waals surface area contributed by atoms with Crippen LogP contribution in [0.1, 0.15) is 30.0 Å². The zero-order valence-corrected chi connectivity index (χ0v) is 14.5. The van der Waals surface area contributed by atoms with Crippen molar-refractivity contribution in [3.63, 3.8) is 0 Å². The SMILES string of the molecule is CC1Cc2cccc([N+](=O)[O-])c2N(C(=O)CCc2ccc(C#N)cc2)C1. The number of benzene rings is 2. The van der Waals surface area contributed by atoms with E-state index < -0.39 is 4.92 Å². The second-order valence-electron chi connectivity index (χ2n) is 6.66. The monoisotopic (exact) mass is 349 g/mol. The summed E-state index contributed by atoms with van der Waals surface area (Å²) in [7, 11) is 0. The lowest BCUT2D eigenvalue weighted by Crippen LogP contribution is -2.39. The van der Waals surface area contributed by atoms with E-state index in [9.17, 15) is 14.9 Å². The predicted octanol–water partition coefficient (Wildman–Crippen LogP) is 3.62. The summed E-state index contributed by atoms with van der Waals surface area (Å²) in [6, 6.07) is 14.2. The molecule has 2 aromatic rings. The molecular weight excluding hydrogens is 330 g/mol. The fourth-order valence-electron chi connectivity index (χ4n) is 3.40. The van der Waals surface area contributed by atoms with Gasteiger partial charge in [0.15, 0.2) is 0 Å². The van der Waals surface area contributed by atoms with E-state index in [2.05, 4.69) is 6.07 Å². The number of nitro benzene ring substituents is 1. The van der Waals surface area contributed by atoms with Gasteiger partial charge in [-0.25, -0.2) is 0 Å². The first-order valence-corrected chi connectivity index (χ1v) is 8.55. The number of hydrogen-bond acceptors (Lipinski definition) is 4. The van der Waals surface area contributed by atoms with Crippen LogP contribution in [0.25, 0.3) is 0 Å². The maximum Gasteiger partial charge on any atom is 0.293 e. The third kappa shape index (κ3) is 3.57. The summed E-state index contributed by atoms with van der Waals surface area (Å²) in [5.74, 6) is 0.139. The molecule has 0 spiro atoms. The number of nitro groups is 1. The van der Waals surface area contributed by atoms with E-state index in [0.29, 0.717) is 24.2 Å². The van der Waals surface area contributed by atoms with Crippen LogP contribution in [-0.2, 0) is 17.6 Å². The number of nitrogens with zero attached hydrogens (tertiary/aromatic N) is 3. The Balaban J connectivity index is 1.81. The van der Waals surface area contributed by atoms with Crippen molar-refractivity contribution in [2.45, 2.75) is 26.2 Å². The molecule has 1 aliphatic rings. The van der Waals surface area contributed by atoms with Crippen molar-refractivity contribution >= 4 is 17.3 Å². The summed E-state index contributed by atoms with van der Waals surface area (Å²) in [5, 5.41) is 20.2. The van der Waals surface area contributed by atoms with Gasteiger partial charge in [0.05, 0.1) is 16.6 Å². The van der Waals surface area contributed by atoms with Gasteiger partial charge in [0.25, 0.3) is 5.69 Å². The maximum absolute atomic E-state index is 12.8. The van der Waals surface area contributed by atoms with Crippen molar-refractivity contribution in [1.29, 1.82) is 5.26 Å². The third-order valence-electron chi connectivity index (χ3n) is 4.64. The van der Waals surface area contributed by atoms with Crippen molar-refractivity contribution in [3.8, 4) is 6.07 Å². The van der Waals surface area contributed by atoms with Gasteiger partial charge in [0.2, 0.25) is 5.91 Å². The molecule has 26 heavy (non-hydrogen) atoms. The van der Waals surface area contributed by atoms with Gasteiger partial charge in [-0.2, -0.15) is 5.26 Å². The minimum atomic E-state index is -0.421. The summed E-state index contributed by atoms with van der Waals surface area (Å²) in [6.45, 7) is 2.53. The number of anilines is 1. The van der Waals surface area contributed by atoms with Crippen molar-refractivity contribution in [2.75, 3.05) is 11.4 Å². The highest BCUT2D eigenvalue weighted by Gasteiger charge is 2.32. The van der Waals surface area contributed by atoms with E-state index in [1.807, 2.05) is 25.1 Å². The number of nitriles is 1. The van der Waals surface area contributed by atoms with E-state index in [4.69, 9.17) is 5.26 Å². The summed E-state index contributed by atoms with van der Waals surface area (Å²) in [6.07, 6.45) is 1.53. The van der Waals surface area contributed by atoms with Crippen molar-refractivity contribution in [2.24, 2.45) is 5.92 Å². The molecule has 1 atom stereocenters. The van der Waals surface area contributed by atoms with E-state index >= 15 is 0 Å². The molecule has 0 aromatic heterocycles. The van der Waals surface area contributed by atoms with Gasteiger partial charge < -0.3 is 4.90 Å². The molecule has 0 saturated heterocycles. The Labute approximate surface area is 151 Å². The molecule has 0 saturated carbocycles. The second kappa shape index (κ2) is 7.36. The molecule has 0 fully saturated rings. The minimum Gasteiger partial charge on any atom is -0.306 e. The molecule has 0 aliphatic carbocycles. The number of carbonyl (C=O) groups is 1. The third-order valence-corrected chi connectivity index (χ3v) is 4.64. The van der Waals surface area contributed by atoms with Gasteiger partial charge in [-0.05, 0) is 42.0 Å². The molecule has 0 bridgehead atoms. The Morgan fingerprint density at radius 2 is 2.04 bits per heavy atom. The zero-order chi connectivity index (χ0) is 18.7. The molecule has 2 aromatic carbocycles. The summed E-state index contributed by atoms with van der Waals surface area (Å²) in [4.78, 5) is 25.4. The van der Waals surface area contributed by atoms with Crippen LogP contribution >= 0.6 is 0 Å². The summed E-state index contributed by atoms with van der Waals surface area (Å²) in [5.41, 5.74) is 2.82. The minimum absolute atomic E-state index is 0.0128. The number of amides is 1. The van der Waals surface area contributed by atoms with Crippen LogP contribution in [-0.4, -0.2) is 17.4 Å². The standard InChI is InChI=1S/C20H19N3O3/c1-14-11-17-3-2-4-18(23(25)26)20(17)22(13-14)19(24)10-9-15-5-7-16(12-21)8-6-15/h2-8,14H,9-11,13H2,1H3. The predicted molar refractivity (Wildman–Crippen MR) is 97.8 cm³/mol. The number of hydrogen-bond donors (Lipinski definition) is 0. The van der Waals surface area contributed by atoms with Gasteiger partial charge in [0, 0.05) is 19.0 Å². The maximum atomic E-state index is 12.8. The molecule has 3 rings (SSSR count). The average Bonchev–Trinajstić information content (AvgIpc) is 2.65. The number of para-hydroxylation sites is 1. The number of carbonyl (C=O) groups excluding carboxylic acids is 1. The Morgan fingerprint density at radius 1 is 1.31 bits per heavy atom. The normalized spacial score (nSPS) is 15.8. The Morgan fingerprint density at radius 3 is 2.69 bits per heavy atom. The highest BCUT2D eigenvalue weighted by Crippen LogP contribution is 2.37. The number of fused-ring (bicyclic) bond motifs is 1. The Bertz CT molecular complexity index is 884. The summed E-state index contributed by atoms with van der Waals surface area (Å²) >= 11 is 0. The van der Waals surface area contributed by atoms with Crippen LogP contribution in [0.3, 0.4) is 0 Å². The molecular formula is C20H19N3O3. The fourth-order valence-corrected chi connectivity index (χ4v) is 3.40. The average molecular weight is 349 g/mol. The zero-order valence-electron chi connectivity index (χ0n) is 14.5. The lowest BCUT2D eigenvalue weighted by Gasteiger charge is -2.32. The first-order valence-electron chi connectivity index (χ1n) is 8.55. The van der Waals surface area contributed by atoms with Crippen molar-refractivity contribution in [3.05, 3.63) is 69.3 Å². The van der Waals surface area contributed by atoms with Crippen LogP contribution in [0.2, 0.25) is 0 Å². The summed E-state index contributed by atoms with van der Waals surface area (Å²) < 4.78 is 0. The van der Waals surface area contributed by atoms with Crippen molar-refractivity contribution < 1.29 is 9.72 Å². The van der Waals surface area contributed by atoms with Crippen LogP contribution in [0.4, 0.5) is 11.4 Å². The van der Waals surface area contributed by atoms with Gasteiger partial charge in [0.1, 0.15) is 5.69 Å². The van der Waals surface area contributed by atoms with Crippen LogP contribution in [0.15, 0.2) is 42.5 Å². The highest BCUT2D eigenvalue weighted by atomic mass is 16.6. The molecule has 6 heteroatoms. The molecule has 6 nitrogen and oxygen atoms in total. The van der Waals surface area contributed by atoms with Gasteiger partial charge in [-0.15, -0.1) is 0 Å². The lowest BCUT2D eigenvalue weighted by molar-refractivity contribution is -0.384. The molecule has 1 heterocycles. The van der Waals surface area contributed by atoms with Crippen LogP contribution in [0.5, 0.6) is 0 Å². The van der Waals surface area contributed by atoms with Gasteiger partial charge >= 0.3 is 0 Å². The van der Waals surface area contributed by atoms with E-state index in [0.717, 1.165) is 17.5 Å². The highest BCUT2D eigenvalue weighted by molar-refractivity contribution is 5.97. The van der Waals surface area contributed by atoms with E-state index in [1.54, 1.807) is 23.1 Å². The van der Waals surface area contributed by atoms with Crippen LogP contribution < -0.4 is 4.90 Å². The first kappa shape index (κ1) is 17.6. The topological polar surface area (TPSA) is 87.2 Å². The number of rotatable bonds is 4. The lowest BCUT2D eigenvalue weighted by atomic mass is 9.92.